The Morgan fingerprint density at radius 2 is 1.81 bits per heavy atom. The lowest BCUT2D eigenvalue weighted by Gasteiger charge is -2.24. The van der Waals surface area contributed by atoms with Crippen LogP contribution >= 0.6 is 0 Å². The van der Waals surface area contributed by atoms with E-state index in [0.29, 0.717) is 22.8 Å². The Morgan fingerprint density at radius 3 is 2.42 bits per heavy atom. The molecule has 13 heteroatoms. The molecule has 1 amide bonds. The van der Waals surface area contributed by atoms with Crippen LogP contribution in [0.15, 0.2) is 53.6 Å². The molecule has 0 aliphatic heterocycles. The summed E-state index contributed by atoms with van der Waals surface area (Å²) in [7, 11) is 1.78. The van der Waals surface area contributed by atoms with Crippen LogP contribution in [0.4, 0.5) is 35.0 Å². The van der Waals surface area contributed by atoms with Crippen LogP contribution in [0.3, 0.4) is 0 Å². The minimum absolute atomic E-state index is 0.0892. The molecule has 0 radical (unpaired) electrons. The minimum Gasteiger partial charge on any atom is -0.358 e. The second-order valence-electron chi connectivity index (χ2n) is 8.55. The van der Waals surface area contributed by atoms with Crippen molar-refractivity contribution in [3.05, 3.63) is 66.2 Å². The lowest BCUT2D eigenvalue weighted by molar-refractivity contribution is -0.185. The quantitative estimate of drug-likeness (QED) is 0.350. The zero-order valence-corrected chi connectivity index (χ0v) is 19.4. The third-order valence-electron chi connectivity index (χ3n) is 5.45. The molecule has 3 aromatic heterocycles. The molecule has 188 valence electrons. The van der Waals surface area contributed by atoms with Crippen molar-refractivity contribution in [2.45, 2.75) is 31.9 Å². The number of nitrogens with one attached hydrogen (secondary N) is 2. The number of hydrogen-bond donors (Lipinski definition) is 2. The van der Waals surface area contributed by atoms with Gasteiger partial charge in [-0.1, -0.05) is 17.3 Å². The fourth-order valence-corrected chi connectivity index (χ4v) is 3.16. The van der Waals surface area contributed by atoms with Gasteiger partial charge in [-0.3, -0.25) is 9.48 Å². The van der Waals surface area contributed by atoms with Crippen LogP contribution in [-0.4, -0.2) is 37.0 Å². The number of carbonyl (C=O) groups is 1. The zero-order valence-electron chi connectivity index (χ0n) is 19.4. The fourth-order valence-electron chi connectivity index (χ4n) is 3.16. The molecule has 4 rings (SSSR count). The molecule has 0 saturated heterocycles. The average Bonchev–Trinajstić information content (AvgIpc) is 3.44. The fraction of sp³-hybridized carbons (Fsp3) is 0.261. The molecule has 3 heterocycles. The van der Waals surface area contributed by atoms with Gasteiger partial charge in [-0.25, -0.2) is 14.4 Å². The minimum atomic E-state index is -4.57. The summed E-state index contributed by atoms with van der Waals surface area (Å²) < 4.78 is 60.5. The Labute approximate surface area is 202 Å². The Bertz CT molecular complexity index is 1380. The average molecular weight is 503 g/mol. The molecular formula is C23H21F4N7O2. The van der Waals surface area contributed by atoms with E-state index in [-0.39, 0.29) is 17.8 Å². The van der Waals surface area contributed by atoms with E-state index in [1.54, 1.807) is 30.2 Å². The molecule has 9 nitrogen and oxygen atoms in total. The van der Waals surface area contributed by atoms with Gasteiger partial charge in [0.2, 0.25) is 11.9 Å². The number of anilines is 3. The SMILES string of the molecule is Cn1cc(Nc2ncc(-c3ccc(CC(=O)Nc4cc(C(C)(C)C(F)(F)F)on4)c(F)c3)cn2)cn1. The van der Waals surface area contributed by atoms with Crippen LogP contribution in [-0.2, 0) is 23.7 Å². The molecule has 0 saturated carbocycles. The normalized spacial score (nSPS) is 12.0. The van der Waals surface area contributed by atoms with Gasteiger partial charge in [-0.15, -0.1) is 0 Å². The molecule has 36 heavy (non-hydrogen) atoms. The highest BCUT2D eigenvalue weighted by Gasteiger charge is 2.51. The standard InChI is InChI=1S/C23H21F4N7O2/c1-22(2,23(25,26)27)18-8-19(33-36-18)32-20(35)7-14-5-4-13(6-17(14)24)15-9-28-21(29-10-15)31-16-11-30-34(3)12-16/h4-6,8-12H,7H2,1-3H3,(H,28,29,31)(H,32,33,35). The molecule has 2 N–H and O–H groups in total. The summed E-state index contributed by atoms with van der Waals surface area (Å²) in [6.07, 6.45) is 1.50. The van der Waals surface area contributed by atoms with Gasteiger partial charge in [-0.05, 0) is 31.0 Å². The topological polar surface area (TPSA) is 111 Å². The summed E-state index contributed by atoms with van der Waals surface area (Å²) >= 11 is 0. The number of amides is 1. The molecule has 0 aliphatic rings. The van der Waals surface area contributed by atoms with Crippen LogP contribution in [0.25, 0.3) is 11.1 Å². The third kappa shape index (κ3) is 5.34. The number of hydrogen-bond acceptors (Lipinski definition) is 7. The maximum Gasteiger partial charge on any atom is 0.401 e. The van der Waals surface area contributed by atoms with Gasteiger partial charge < -0.3 is 15.2 Å². The van der Waals surface area contributed by atoms with E-state index >= 15 is 0 Å². The molecule has 4 aromatic rings. The summed E-state index contributed by atoms with van der Waals surface area (Å²) in [4.78, 5) is 20.7. The highest BCUT2D eigenvalue weighted by molar-refractivity contribution is 5.91. The zero-order chi connectivity index (χ0) is 26.1. The number of aryl methyl sites for hydroxylation is 1. The third-order valence-corrected chi connectivity index (χ3v) is 5.45. The predicted octanol–water partition coefficient (Wildman–Crippen LogP) is 4.77. The summed E-state index contributed by atoms with van der Waals surface area (Å²) in [5.41, 5.74) is -0.429. The number of halogens is 4. The number of nitrogens with zero attached hydrogens (tertiary/aromatic N) is 5. The Balaban J connectivity index is 1.39. The van der Waals surface area contributed by atoms with Crippen LogP contribution in [0.2, 0.25) is 0 Å². The smallest absolute Gasteiger partial charge is 0.358 e. The lowest BCUT2D eigenvalue weighted by Crippen LogP contribution is -2.35. The van der Waals surface area contributed by atoms with Crippen molar-refractivity contribution in [3.63, 3.8) is 0 Å². The first kappa shape index (κ1) is 24.8. The Morgan fingerprint density at radius 1 is 1.08 bits per heavy atom. The first-order chi connectivity index (χ1) is 16.9. The van der Waals surface area contributed by atoms with Crippen LogP contribution < -0.4 is 10.6 Å². The highest BCUT2D eigenvalue weighted by Crippen LogP contribution is 2.41. The predicted molar refractivity (Wildman–Crippen MR) is 122 cm³/mol. The molecule has 0 atom stereocenters. The van der Waals surface area contributed by atoms with E-state index in [1.165, 1.54) is 24.5 Å². The number of aromatic nitrogens is 5. The first-order valence-corrected chi connectivity index (χ1v) is 10.6. The largest absolute Gasteiger partial charge is 0.401 e. The van der Waals surface area contributed by atoms with Crippen molar-refractivity contribution < 1.29 is 26.9 Å². The van der Waals surface area contributed by atoms with Crippen LogP contribution in [0, 0.1) is 5.82 Å². The monoisotopic (exact) mass is 503 g/mol. The van der Waals surface area contributed by atoms with Gasteiger partial charge in [0.05, 0.1) is 18.3 Å². The molecule has 0 spiro atoms. The van der Waals surface area contributed by atoms with Crippen molar-refractivity contribution >= 4 is 23.4 Å². The number of rotatable bonds is 7. The summed E-state index contributed by atoms with van der Waals surface area (Å²) in [6.45, 7) is 1.87. The maximum absolute atomic E-state index is 14.7. The van der Waals surface area contributed by atoms with Crippen molar-refractivity contribution in [3.8, 4) is 11.1 Å². The number of alkyl halides is 3. The molecule has 0 fully saturated rings. The maximum atomic E-state index is 14.7. The van der Waals surface area contributed by atoms with Crippen LogP contribution in [0.1, 0.15) is 25.2 Å². The van der Waals surface area contributed by atoms with E-state index in [1.807, 2.05) is 0 Å². The summed E-state index contributed by atoms with van der Waals surface area (Å²) in [6, 6.07) is 5.29. The van der Waals surface area contributed by atoms with E-state index in [2.05, 4.69) is 30.9 Å². The molecule has 0 unspecified atom stereocenters. The van der Waals surface area contributed by atoms with Gasteiger partial charge in [0.15, 0.2) is 11.6 Å². The summed E-state index contributed by atoms with van der Waals surface area (Å²) in [5.74, 6) is -1.61. The van der Waals surface area contributed by atoms with Gasteiger partial charge >= 0.3 is 6.18 Å². The van der Waals surface area contributed by atoms with Gasteiger partial charge in [0.25, 0.3) is 0 Å². The molecule has 1 aromatic carbocycles. The Kier molecular flexibility index (Phi) is 6.48. The van der Waals surface area contributed by atoms with E-state index in [4.69, 9.17) is 4.52 Å². The van der Waals surface area contributed by atoms with Crippen molar-refractivity contribution in [2.24, 2.45) is 7.05 Å². The number of benzene rings is 1. The highest BCUT2D eigenvalue weighted by atomic mass is 19.4. The first-order valence-electron chi connectivity index (χ1n) is 10.6. The molecule has 0 bridgehead atoms. The van der Waals surface area contributed by atoms with Gasteiger partial charge in [-0.2, -0.15) is 18.3 Å². The molecular weight excluding hydrogens is 482 g/mol. The van der Waals surface area contributed by atoms with Crippen molar-refractivity contribution in [2.75, 3.05) is 10.6 Å². The van der Waals surface area contributed by atoms with Crippen molar-refractivity contribution in [1.82, 2.24) is 24.9 Å². The van der Waals surface area contributed by atoms with Crippen LogP contribution in [0.5, 0.6) is 0 Å². The second-order valence-corrected chi connectivity index (χ2v) is 8.55. The van der Waals surface area contributed by atoms with Crippen molar-refractivity contribution in [1.29, 1.82) is 0 Å². The van der Waals surface area contributed by atoms with Gasteiger partial charge in [0, 0.05) is 37.3 Å². The summed E-state index contributed by atoms with van der Waals surface area (Å²) in [5, 5.41) is 12.8. The second kappa shape index (κ2) is 9.40. The number of carbonyl (C=O) groups excluding carboxylic acids is 1. The Hall–Kier alpha value is -4.29. The van der Waals surface area contributed by atoms with Gasteiger partial charge in [0.1, 0.15) is 11.2 Å². The van der Waals surface area contributed by atoms with E-state index in [0.717, 1.165) is 19.9 Å². The lowest BCUT2D eigenvalue weighted by atomic mass is 9.89. The van der Waals surface area contributed by atoms with E-state index < -0.39 is 29.1 Å². The van der Waals surface area contributed by atoms with E-state index in [9.17, 15) is 22.4 Å². The molecule has 0 aliphatic carbocycles.